The summed E-state index contributed by atoms with van der Waals surface area (Å²) >= 11 is 5.72. The summed E-state index contributed by atoms with van der Waals surface area (Å²) in [5.41, 5.74) is -0.0296. The lowest BCUT2D eigenvalue weighted by atomic mass is 9.83. The van der Waals surface area contributed by atoms with Crippen LogP contribution in [0.4, 0.5) is 4.39 Å². The Balaban J connectivity index is 1.99. The number of hydrogen-bond acceptors (Lipinski definition) is 2. The van der Waals surface area contributed by atoms with Crippen LogP contribution in [0, 0.1) is 11.7 Å². The maximum absolute atomic E-state index is 13.7. The minimum atomic E-state index is -0.616. The molecule has 2 rings (SSSR count). The molecule has 1 aliphatic heterocycles. The van der Waals surface area contributed by atoms with Gasteiger partial charge in [-0.1, -0.05) is 37.6 Å². The predicted molar refractivity (Wildman–Crippen MR) is 66.5 cm³/mol. The third kappa shape index (κ3) is 2.46. The van der Waals surface area contributed by atoms with Crippen molar-refractivity contribution in [3.63, 3.8) is 0 Å². The van der Waals surface area contributed by atoms with Gasteiger partial charge in [0.25, 0.3) is 0 Å². The summed E-state index contributed by atoms with van der Waals surface area (Å²) < 4.78 is 13.7. The standard InChI is InChI=1S/C13H17ClFNO/c1-9(2)13(17)7-16(8-13)6-10-4-3-5-11(14)12(10)15/h3-5,9,17H,6-8H2,1-2H3. The Morgan fingerprint density at radius 2 is 2.12 bits per heavy atom. The van der Waals surface area contributed by atoms with Gasteiger partial charge in [0.1, 0.15) is 5.82 Å². The van der Waals surface area contributed by atoms with E-state index in [4.69, 9.17) is 11.6 Å². The van der Waals surface area contributed by atoms with Crippen molar-refractivity contribution in [3.8, 4) is 0 Å². The van der Waals surface area contributed by atoms with E-state index in [9.17, 15) is 9.50 Å². The molecule has 1 aromatic rings. The number of halogens is 2. The Bertz CT molecular complexity index is 416. The molecule has 1 saturated heterocycles. The number of nitrogens with zero attached hydrogens (tertiary/aromatic N) is 1. The lowest BCUT2D eigenvalue weighted by Gasteiger charge is -2.49. The monoisotopic (exact) mass is 257 g/mol. The molecule has 94 valence electrons. The highest BCUT2D eigenvalue weighted by molar-refractivity contribution is 6.30. The van der Waals surface area contributed by atoms with Gasteiger partial charge in [0.15, 0.2) is 0 Å². The van der Waals surface area contributed by atoms with Crippen LogP contribution < -0.4 is 0 Å². The van der Waals surface area contributed by atoms with Gasteiger partial charge in [0.05, 0.1) is 10.6 Å². The third-order valence-electron chi connectivity index (χ3n) is 3.50. The second-order valence-electron chi connectivity index (χ2n) is 5.12. The van der Waals surface area contributed by atoms with E-state index in [1.807, 2.05) is 18.7 Å². The van der Waals surface area contributed by atoms with Gasteiger partial charge in [-0.3, -0.25) is 4.90 Å². The lowest BCUT2D eigenvalue weighted by molar-refractivity contribution is -0.131. The number of hydrogen-bond donors (Lipinski definition) is 1. The zero-order chi connectivity index (χ0) is 12.6. The molecule has 0 radical (unpaired) electrons. The fraction of sp³-hybridized carbons (Fsp3) is 0.538. The maximum atomic E-state index is 13.7. The average molecular weight is 258 g/mol. The summed E-state index contributed by atoms with van der Waals surface area (Å²) in [5, 5.41) is 10.3. The third-order valence-corrected chi connectivity index (χ3v) is 3.79. The minimum Gasteiger partial charge on any atom is -0.387 e. The highest BCUT2D eigenvalue weighted by atomic mass is 35.5. The van der Waals surface area contributed by atoms with E-state index in [1.54, 1.807) is 18.2 Å². The maximum Gasteiger partial charge on any atom is 0.146 e. The van der Waals surface area contributed by atoms with Gasteiger partial charge in [-0.05, 0) is 12.0 Å². The Kier molecular flexibility index (Phi) is 3.43. The number of β-amino-alcohol motifs (C(OH)–C–C–N with tert-alkyl or cyclic N) is 1. The molecule has 0 spiro atoms. The molecular weight excluding hydrogens is 241 g/mol. The van der Waals surface area contributed by atoms with Crippen molar-refractivity contribution in [3.05, 3.63) is 34.6 Å². The molecule has 1 aliphatic rings. The SMILES string of the molecule is CC(C)C1(O)CN(Cc2cccc(Cl)c2F)C1. The fourth-order valence-electron chi connectivity index (χ4n) is 2.12. The van der Waals surface area contributed by atoms with Crippen molar-refractivity contribution < 1.29 is 9.50 Å². The molecule has 0 saturated carbocycles. The second-order valence-corrected chi connectivity index (χ2v) is 5.52. The van der Waals surface area contributed by atoms with Crippen LogP contribution in [0.15, 0.2) is 18.2 Å². The quantitative estimate of drug-likeness (QED) is 0.900. The van der Waals surface area contributed by atoms with Gasteiger partial charge < -0.3 is 5.11 Å². The zero-order valence-electron chi connectivity index (χ0n) is 10.1. The molecule has 1 heterocycles. The van der Waals surface area contributed by atoms with Gasteiger partial charge in [0.2, 0.25) is 0 Å². The highest BCUT2D eigenvalue weighted by Crippen LogP contribution is 2.30. The first-order valence-electron chi connectivity index (χ1n) is 5.80. The van der Waals surface area contributed by atoms with Crippen LogP contribution in [0.25, 0.3) is 0 Å². The first kappa shape index (κ1) is 12.8. The number of aliphatic hydroxyl groups is 1. The smallest absolute Gasteiger partial charge is 0.146 e. The van der Waals surface area contributed by atoms with Crippen LogP contribution in [0.5, 0.6) is 0 Å². The van der Waals surface area contributed by atoms with Crippen molar-refractivity contribution in [2.75, 3.05) is 13.1 Å². The van der Waals surface area contributed by atoms with Crippen molar-refractivity contribution in [2.24, 2.45) is 5.92 Å². The van der Waals surface area contributed by atoms with E-state index in [-0.39, 0.29) is 16.8 Å². The van der Waals surface area contributed by atoms with Crippen molar-refractivity contribution in [1.29, 1.82) is 0 Å². The minimum absolute atomic E-state index is 0.155. The van der Waals surface area contributed by atoms with E-state index in [0.29, 0.717) is 25.2 Å². The summed E-state index contributed by atoms with van der Waals surface area (Å²) in [4.78, 5) is 2.02. The molecule has 0 aliphatic carbocycles. The van der Waals surface area contributed by atoms with E-state index in [0.717, 1.165) is 0 Å². The molecule has 1 aromatic carbocycles. The molecule has 1 fully saturated rings. The van der Waals surface area contributed by atoms with Gasteiger partial charge >= 0.3 is 0 Å². The van der Waals surface area contributed by atoms with Crippen molar-refractivity contribution in [2.45, 2.75) is 26.0 Å². The summed E-state index contributed by atoms with van der Waals surface area (Å²) in [7, 11) is 0. The molecule has 17 heavy (non-hydrogen) atoms. The number of benzene rings is 1. The Morgan fingerprint density at radius 3 is 2.71 bits per heavy atom. The number of rotatable bonds is 3. The fourth-order valence-corrected chi connectivity index (χ4v) is 2.31. The summed E-state index contributed by atoms with van der Waals surface area (Å²) in [5.74, 6) is -0.128. The van der Waals surface area contributed by atoms with Crippen molar-refractivity contribution >= 4 is 11.6 Å². The largest absolute Gasteiger partial charge is 0.387 e. The molecule has 0 atom stereocenters. The van der Waals surface area contributed by atoms with Crippen LogP contribution in [0.3, 0.4) is 0 Å². The van der Waals surface area contributed by atoms with Crippen molar-refractivity contribution in [1.82, 2.24) is 4.90 Å². The molecule has 1 N–H and O–H groups in total. The van der Waals surface area contributed by atoms with Gasteiger partial charge in [-0.15, -0.1) is 0 Å². The predicted octanol–water partition coefficient (Wildman–Crippen LogP) is 2.68. The molecule has 0 amide bonds. The second kappa shape index (κ2) is 4.56. The van der Waals surface area contributed by atoms with E-state index < -0.39 is 5.60 Å². The molecule has 0 aromatic heterocycles. The van der Waals surface area contributed by atoms with Gasteiger partial charge in [0, 0.05) is 25.2 Å². The highest BCUT2D eigenvalue weighted by Gasteiger charge is 2.43. The average Bonchev–Trinajstić information content (AvgIpc) is 2.22. The summed E-state index contributed by atoms with van der Waals surface area (Å²) in [6.07, 6.45) is 0. The molecule has 2 nitrogen and oxygen atoms in total. The van der Waals surface area contributed by atoms with Crippen LogP contribution in [0.2, 0.25) is 5.02 Å². The van der Waals surface area contributed by atoms with E-state index in [1.165, 1.54) is 0 Å². The Hall–Kier alpha value is -0.640. The van der Waals surface area contributed by atoms with Gasteiger partial charge in [-0.25, -0.2) is 4.39 Å². The van der Waals surface area contributed by atoms with Crippen LogP contribution in [0.1, 0.15) is 19.4 Å². The first-order chi connectivity index (χ1) is 7.92. The molecule has 4 heteroatoms. The normalized spacial score (nSPS) is 19.4. The molecule has 0 unspecified atom stereocenters. The first-order valence-corrected chi connectivity index (χ1v) is 6.18. The van der Waals surface area contributed by atoms with Crippen LogP contribution in [-0.2, 0) is 6.54 Å². The molecule has 0 bridgehead atoms. The summed E-state index contributed by atoms with van der Waals surface area (Å²) in [6, 6.07) is 5.02. The lowest BCUT2D eigenvalue weighted by Crippen LogP contribution is -2.63. The number of likely N-dealkylation sites (tertiary alicyclic amines) is 1. The van der Waals surface area contributed by atoms with E-state index >= 15 is 0 Å². The van der Waals surface area contributed by atoms with E-state index in [2.05, 4.69) is 0 Å². The van der Waals surface area contributed by atoms with Crippen LogP contribution in [-0.4, -0.2) is 28.7 Å². The van der Waals surface area contributed by atoms with Gasteiger partial charge in [-0.2, -0.15) is 0 Å². The topological polar surface area (TPSA) is 23.5 Å². The zero-order valence-corrected chi connectivity index (χ0v) is 10.8. The molecular formula is C13H17ClFNO. The Labute approximate surface area is 106 Å². The summed E-state index contributed by atoms with van der Waals surface area (Å²) in [6.45, 7) is 5.68. The Morgan fingerprint density at radius 1 is 1.47 bits per heavy atom. The van der Waals surface area contributed by atoms with Crippen LogP contribution >= 0.6 is 11.6 Å².